The summed E-state index contributed by atoms with van der Waals surface area (Å²) in [6, 6.07) is 4.49. The topological polar surface area (TPSA) is 32.3 Å². The average molecular weight is 343 g/mol. The summed E-state index contributed by atoms with van der Waals surface area (Å²) in [4.78, 5) is 14.3. The molecule has 1 saturated carbocycles. The van der Waals surface area contributed by atoms with Gasteiger partial charge in [0.25, 0.3) is 5.91 Å². The zero-order valence-corrected chi connectivity index (χ0v) is 13.5. The smallest absolute Gasteiger partial charge is 0.254 e. The predicted octanol–water partition coefficient (Wildman–Crippen LogP) is 3.19. The summed E-state index contributed by atoms with van der Waals surface area (Å²) in [7, 11) is 4.08. The molecule has 0 aromatic heterocycles. The summed E-state index contributed by atoms with van der Waals surface area (Å²) in [5.74, 6) is -0.842. The van der Waals surface area contributed by atoms with Crippen molar-refractivity contribution in [1.29, 1.82) is 0 Å². The minimum absolute atomic E-state index is 0.0154. The van der Waals surface area contributed by atoms with E-state index < -0.39 is 5.82 Å². The number of benzene rings is 1. The summed E-state index contributed by atoms with van der Waals surface area (Å²) in [6.45, 7) is 0.564. The van der Waals surface area contributed by atoms with Gasteiger partial charge >= 0.3 is 0 Å². The molecule has 1 amide bonds. The SMILES string of the molecule is CN(C)C1(CNC(=O)c2ccc(Br)cc2F)CCCC1. The molecule has 1 aromatic carbocycles. The number of carbonyl (C=O) groups excluding carboxylic acids is 1. The Balaban J connectivity index is 2.04. The molecule has 0 saturated heterocycles. The lowest BCUT2D eigenvalue weighted by molar-refractivity contribution is 0.0896. The third-order valence-corrected chi connectivity index (χ3v) is 4.73. The number of hydrogen-bond acceptors (Lipinski definition) is 2. The minimum Gasteiger partial charge on any atom is -0.350 e. The van der Waals surface area contributed by atoms with Crippen molar-refractivity contribution in [2.45, 2.75) is 31.2 Å². The van der Waals surface area contributed by atoms with Crippen LogP contribution in [0.5, 0.6) is 0 Å². The number of halogens is 2. The molecule has 0 aliphatic heterocycles. The van der Waals surface area contributed by atoms with Crippen LogP contribution in [0.4, 0.5) is 4.39 Å². The fourth-order valence-electron chi connectivity index (χ4n) is 2.83. The van der Waals surface area contributed by atoms with Crippen LogP contribution in [0.3, 0.4) is 0 Å². The second-order valence-corrected chi connectivity index (χ2v) is 6.55. The predicted molar refractivity (Wildman–Crippen MR) is 81.3 cm³/mol. The van der Waals surface area contributed by atoms with Crippen molar-refractivity contribution in [1.82, 2.24) is 10.2 Å². The molecule has 0 unspecified atom stereocenters. The van der Waals surface area contributed by atoms with Crippen molar-refractivity contribution in [2.24, 2.45) is 0 Å². The highest BCUT2D eigenvalue weighted by Crippen LogP contribution is 2.33. The van der Waals surface area contributed by atoms with Crippen LogP contribution < -0.4 is 5.32 Å². The van der Waals surface area contributed by atoms with Crippen molar-refractivity contribution in [3.63, 3.8) is 0 Å². The maximum atomic E-state index is 13.8. The van der Waals surface area contributed by atoms with Crippen LogP contribution in [0.1, 0.15) is 36.0 Å². The fourth-order valence-corrected chi connectivity index (χ4v) is 3.16. The Morgan fingerprint density at radius 1 is 1.40 bits per heavy atom. The molecule has 5 heteroatoms. The van der Waals surface area contributed by atoms with E-state index in [4.69, 9.17) is 0 Å². The first-order chi connectivity index (χ1) is 9.44. The lowest BCUT2D eigenvalue weighted by atomic mass is 9.96. The molecular weight excluding hydrogens is 323 g/mol. The molecule has 0 spiro atoms. The van der Waals surface area contributed by atoms with Gasteiger partial charge in [-0.1, -0.05) is 28.8 Å². The summed E-state index contributed by atoms with van der Waals surface area (Å²) in [6.07, 6.45) is 4.51. The quantitative estimate of drug-likeness (QED) is 0.911. The molecule has 20 heavy (non-hydrogen) atoms. The van der Waals surface area contributed by atoms with Gasteiger partial charge in [0.15, 0.2) is 0 Å². The second-order valence-electron chi connectivity index (χ2n) is 5.63. The van der Waals surface area contributed by atoms with E-state index in [-0.39, 0.29) is 17.0 Å². The molecule has 3 nitrogen and oxygen atoms in total. The van der Waals surface area contributed by atoms with Crippen LogP contribution >= 0.6 is 15.9 Å². The van der Waals surface area contributed by atoms with Crippen molar-refractivity contribution in [3.05, 3.63) is 34.1 Å². The first kappa shape index (κ1) is 15.4. The van der Waals surface area contributed by atoms with E-state index in [1.165, 1.54) is 25.0 Å². The average Bonchev–Trinajstić information content (AvgIpc) is 2.86. The summed E-state index contributed by atoms with van der Waals surface area (Å²) >= 11 is 3.19. The Hall–Kier alpha value is -0.940. The monoisotopic (exact) mass is 342 g/mol. The highest BCUT2D eigenvalue weighted by atomic mass is 79.9. The van der Waals surface area contributed by atoms with Crippen LogP contribution in [0.25, 0.3) is 0 Å². The maximum absolute atomic E-state index is 13.8. The summed E-state index contributed by atoms with van der Waals surface area (Å²) in [5, 5.41) is 2.89. The third kappa shape index (κ3) is 3.20. The fraction of sp³-hybridized carbons (Fsp3) is 0.533. The van der Waals surface area contributed by atoms with Gasteiger partial charge in [-0.2, -0.15) is 0 Å². The Morgan fingerprint density at radius 2 is 2.05 bits per heavy atom. The van der Waals surface area contributed by atoms with E-state index >= 15 is 0 Å². The molecule has 2 rings (SSSR count). The van der Waals surface area contributed by atoms with Crippen LogP contribution in [-0.2, 0) is 0 Å². The van der Waals surface area contributed by atoms with E-state index in [9.17, 15) is 9.18 Å². The Bertz CT molecular complexity index is 499. The number of likely N-dealkylation sites (N-methyl/N-ethyl adjacent to an activating group) is 1. The van der Waals surface area contributed by atoms with E-state index in [2.05, 4.69) is 26.1 Å². The van der Waals surface area contributed by atoms with Gasteiger partial charge in [-0.05, 0) is 45.1 Å². The highest BCUT2D eigenvalue weighted by molar-refractivity contribution is 9.10. The standard InChI is InChI=1S/C15H20BrFN2O/c1-19(2)15(7-3-4-8-15)10-18-14(20)12-6-5-11(16)9-13(12)17/h5-6,9H,3-4,7-8,10H2,1-2H3,(H,18,20). The molecule has 0 bridgehead atoms. The molecule has 1 fully saturated rings. The molecule has 1 aliphatic carbocycles. The number of carbonyl (C=O) groups is 1. The summed E-state index contributed by atoms with van der Waals surface area (Å²) in [5.41, 5.74) is 0.113. The van der Waals surface area contributed by atoms with Crippen molar-refractivity contribution < 1.29 is 9.18 Å². The van der Waals surface area contributed by atoms with Crippen LogP contribution in [-0.4, -0.2) is 37.0 Å². The second kappa shape index (κ2) is 6.22. The zero-order valence-electron chi connectivity index (χ0n) is 11.9. The van der Waals surface area contributed by atoms with Gasteiger partial charge < -0.3 is 10.2 Å². The summed E-state index contributed by atoms with van der Waals surface area (Å²) < 4.78 is 14.4. The van der Waals surface area contributed by atoms with Crippen molar-refractivity contribution >= 4 is 21.8 Å². The van der Waals surface area contributed by atoms with Crippen molar-refractivity contribution in [3.8, 4) is 0 Å². The molecule has 0 heterocycles. The van der Waals surface area contributed by atoms with Crippen LogP contribution in [0, 0.1) is 5.82 Å². The van der Waals surface area contributed by atoms with E-state index in [1.807, 2.05) is 14.1 Å². The normalized spacial score (nSPS) is 17.4. The molecule has 1 aliphatic rings. The lowest BCUT2D eigenvalue weighted by Crippen LogP contribution is -2.50. The van der Waals surface area contributed by atoms with Gasteiger partial charge in [-0.25, -0.2) is 4.39 Å². The largest absolute Gasteiger partial charge is 0.350 e. The van der Waals surface area contributed by atoms with Gasteiger partial charge in [-0.15, -0.1) is 0 Å². The molecule has 0 atom stereocenters. The lowest BCUT2D eigenvalue weighted by Gasteiger charge is -2.36. The Labute approximate surface area is 127 Å². The number of rotatable bonds is 4. The minimum atomic E-state index is -0.498. The zero-order chi connectivity index (χ0) is 14.8. The molecule has 0 radical (unpaired) electrons. The Kier molecular flexibility index (Phi) is 4.81. The molecule has 1 N–H and O–H groups in total. The maximum Gasteiger partial charge on any atom is 0.254 e. The first-order valence-electron chi connectivity index (χ1n) is 6.85. The highest BCUT2D eigenvalue weighted by Gasteiger charge is 2.36. The number of nitrogens with one attached hydrogen (secondary N) is 1. The first-order valence-corrected chi connectivity index (χ1v) is 7.65. The molecular formula is C15H20BrFN2O. The molecule has 1 aromatic rings. The van der Waals surface area contributed by atoms with Crippen LogP contribution in [0.2, 0.25) is 0 Å². The third-order valence-electron chi connectivity index (χ3n) is 4.24. The Morgan fingerprint density at radius 3 is 2.60 bits per heavy atom. The van der Waals surface area contributed by atoms with Gasteiger partial charge in [0.05, 0.1) is 5.56 Å². The number of hydrogen-bond donors (Lipinski definition) is 1. The van der Waals surface area contributed by atoms with E-state index in [0.29, 0.717) is 11.0 Å². The number of amides is 1. The van der Waals surface area contributed by atoms with Crippen LogP contribution in [0.15, 0.2) is 22.7 Å². The van der Waals surface area contributed by atoms with Crippen molar-refractivity contribution in [2.75, 3.05) is 20.6 Å². The van der Waals surface area contributed by atoms with Gasteiger partial charge in [0.1, 0.15) is 5.82 Å². The van der Waals surface area contributed by atoms with Gasteiger partial charge in [-0.3, -0.25) is 4.79 Å². The number of nitrogens with zero attached hydrogens (tertiary/aromatic N) is 1. The van der Waals surface area contributed by atoms with Gasteiger partial charge in [0.2, 0.25) is 0 Å². The van der Waals surface area contributed by atoms with E-state index in [0.717, 1.165) is 12.8 Å². The van der Waals surface area contributed by atoms with E-state index in [1.54, 1.807) is 6.07 Å². The molecule has 110 valence electrons. The van der Waals surface area contributed by atoms with Gasteiger partial charge in [0, 0.05) is 16.6 Å².